The molecule has 1 aromatic heterocycles. The molecule has 0 bridgehead atoms. The second-order valence-electron chi connectivity index (χ2n) is 7.71. The highest BCUT2D eigenvalue weighted by Gasteiger charge is 2.42. The molecule has 0 radical (unpaired) electrons. The molecule has 0 spiro atoms. The molecule has 0 saturated carbocycles. The number of amides is 1. The Labute approximate surface area is 137 Å². The quantitative estimate of drug-likeness (QED) is 0.811. The van der Waals surface area contributed by atoms with Crippen LogP contribution < -0.4 is 4.63 Å². The second-order valence-corrected chi connectivity index (χ2v) is 14.3. The zero-order valence-electron chi connectivity index (χ0n) is 14.0. The van der Waals surface area contributed by atoms with E-state index in [-0.39, 0.29) is 5.04 Å². The number of piperidine rings is 1. The van der Waals surface area contributed by atoms with Crippen molar-refractivity contribution in [1.82, 2.24) is 9.88 Å². The first kappa shape index (κ1) is 17.4. The van der Waals surface area contributed by atoms with Crippen molar-refractivity contribution in [2.75, 3.05) is 13.1 Å². The van der Waals surface area contributed by atoms with E-state index in [4.69, 9.17) is 5.11 Å². The van der Waals surface area contributed by atoms with Crippen LogP contribution in [0.25, 0.3) is 0 Å². The molecule has 1 fully saturated rings. The summed E-state index contributed by atoms with van der Waals surface area (Å²) in [5, 5.41) is 20.1. The Morgan fingerprint density at radius 2 is 1.91 bits per heavy atom. The van der Waals surface area contributed by atoms with Crippen molar-refractivity contribution < 1.29 is 15.0 Å². The standard InChI is InChI=1S/C15H26N2O3SSi/c1-14(2,3)22(4,5)12-16-10-11(21-12)15(20)6-8-17(9-7-15)13(18)19/h10,20H,6-9H2,1-5H3,(H,18,19). The lowest BCUT2D eigenvalue weighted by Gasteiger charge is -2.36. The lowest BCUT2D eigenvalue weighted by atomic mass is 9.90. The number of carboxylic acid groups (broad SMARTS) is 1. The summed E-state index contributed by atoms with van der Waals surface area (Å²) in [6, 6.07) is 0. The average Bonchev–Trinajstić information content (AvgIpc) is 2.88. The number of likely N-dealkylation sites (tertiary alicyclic amines) is 1. The number of carbonyl (C=O) groups is 1. The fourth-order valence-corrected chi connectivity index (χ4v) is 6.52. The van der Waals surface area contributed by atoms with Crippen LogP contribution in [0.5, 0.6) is 0 Å². The van der Waals surface area contributed by atoms with Gasteiger partial charge < -0.3 is 15.1 Å². The van der Waals surface area contributed by atoms with E-state index in [2.05, 4.69) is 38.8 Å². The zero-order valence-corrected chi connectivity index (χ0v) is 15.8. The van der Waals surface area contributed by atoms with Gasteiger partial charge in [-0.05, 0) is 17.9 Å². The molecule has 0 aromatic carbocycles. The van der Waals surface area contributed by atoms with Crippen LogP contribution in [0.1, 0.15) is 38.5 Å². The average molecular weight is 343 g/mol. The van der Waals surface area contributed by atoms with Gasteiger partial charge in [-0.1, -0.05) is 33.9 Å². The summed E-state index contributed by atoms with van der Waals surface area (Å²) in [6.45, 7) is 12.1. The van der Waals surface area contributed by atoms with E-state index < -0.39 is 19.8 Å². The highest BCUT2D eigenvalue weighted by molar-refractivity contribution is 7.26. The molecule has 124 valence electrons. The fourth-order valence-electron chi connectivity index (χ4n) is 2.41. The van der Waals surface area contributed by atoms with Gasteiger partial charge >= 0.3 is 6.09 Å². The molecule has 0 unspecified atom stereocenters. The summed E-state index contributed by atoms with van der Waals surface area (Å²) in [4.78, 5) is 17.9. The van der Waals surface area contributed by atoms with Crippen LogP contribution in [-0.2, 0) is 5.60 Å². The first-order chi connectivity index (χ1) is 9.97. The van der Waals surface area contributed by atoms with Gasteiger partial charge in [0.25, 0.3) is 0 Å². The molecule has 2 heterocycles. The second kappa shape index (κ2) is 5.61. The number of aliphatic hydroxyl groups is 1. The maximum Gasteiger partial charge on any atom is 0.407 e. The summed E-state index contributed by atoms with van der Waals surface area (Å²) in [7, 11) is -1.70. The van der Waals surface area contributed by atoms with Crippen molar-refractivity contribution in [3.63, 3.8) is 0 Å². The Morgan fingerprint density at radius 1 is 1.36 bits per heavy atom. The number of nitrogens with zero attached hydrogens (tertiary/aromatic N) is 2. The van der Waals surface area contributed by atoms with Gasteiger partial charge in [0, 0.05) is 19.3 Å². The van der Waals surface area contributed by atoms with Crippen LogP contribution in [0.3, 0.4) is 0 Å². The summed E-state index contributed by atoms with van der Waals surface area (Å²) < 4.78 is 1.16. The fraction of sp³-hybridized carbons (Fsp3) is 0.733. The molecule has 2 N–H and O–H groups in total. The van der Waals surface area contributed by atoms with Crippen molar-refractivity contribution in [2.45, 2.75) is 57.3 Å². The Kier molecular flexibility index (Phi) is 4.45. The molecule has 0 atom stereocenters. The number of rotatable bonds is 2. The minimum Gasteiger partial charge on any atom is -0.465 e. The van der Waals surface area contributed by atoms with Crippen molar-refractivity contribution in [2.24, 2.45) is 0 Å². The van der Waals surface area contributed by atoms with Crippen molar-refractivity contribution in [3.05, 3.63) is 11.1 Å². The number of hydrogen-bond donors (Lipinski definition) is 2. The zero-order chi connectivity index (χ0) is 16.8. The van der Waals surface area contributed by atoms with E-state index in [0.717, 1.165) is 9.51 Å². The highest BCUT2D eigenvalue weighted by Crippen LogP contribution is 2.39. The maximum absolute atomic E-state index is 11.0. The normalized spacial score (nSPS) is 19.3. The van der Waals surface area contributed by atoms with Crippen LogP contribution >= 0.6 is 11.3 Å². The molecule has 7 heteroatoms. The van der Waals surface area contributed by atoms with E-state index >= 15 is 0 Å². The summed E-state index contributed by atoms with van der Waals surface area (Å²) in [5.74, 6) is 0. The van der Waals surface area contributed by atoms with Gasteiger partial charge in [0.05, 0.1) is 9.51 Å². The number of thiazole rings is 1. The van der Waals surface area contributed by atoms with Gasteiger partial charge in [0.2, 0.25) is 0 Å². The molecule has 1 amide bonds. The van der Waals surface area contributed by atoms with Gasteiger partial charge in [-0.2, -0.15) is 0 Å². The molecular weight excluding hydrogens is 316 g/mol. The number of aromatic nitrogens is 1. The van der Waals surface area contributed by atoms with E-state index in [9.17, 15) is 9.90 Å². The third kappa shape index (κ3) is 3.07. The topological polar surface area (TPSA) is 73.7 Å². The Bertz CT molecular complexity index is 557. The lowest BCUT2D eigenvalue weighted by Crippen LogP contribution is -2.49. The smallest absolute Gasteiger partial charge is 0.407 e. The van der Waals surface area contributed by atoms with Gasteiger partial charge in [-0.15, -0.1) is 11.3 Å². The molecule has 1 aliphatic heterocycles. The summed E-state index contributed by atoms with van der Waals surface area (Å²) in [6.07, 6.45) is 1.78. The highest BCUT2D eigenvalue weighted by atomic mass is 32.1. The third-order valence-electron chi connectivity index (χ3n) is 5.24. The van der Waals surface area contributed by atoms with Crippen LogP contribution in [0.2, 0.25) is 18.1 Å². The minimum atomic E-state index is -1.70. The van der Waals surface area contributed by atoms with E-state index in [1.807, 2.05) is 0 Å². The molecule has 1 aromatic rings. The van der Waals surface area contributed by atoms with Gasteiger partial charge in [-0.25, -0.2) is 4.79 Å². The van der Waals surface area contributed by atoms with Crippen LogP contribution in [0, 0.1) is 0 Å². The van der Waals surface area contributed by atoms with E-state index in [0.29, 0.717) is 25.9 Å². The third-order valence-corrected chi connectivity index (χ3v) is 13.0. The van der Waals surface area contributed by atoms with Gasteiger partial charge in [0.15, 0.2) is 0 Å². The van der Waals surface area contributed by atoms with Crippen molar-refractivity contribution in [1.29, 1.82) is 0 Å². The first-order valence-corrected chi connectivity index (χ1v) is 11.5. The predicted octanol–water partition coefficient (Wildman–Crippen LogP) is 2.82. The minimum absolute atomic E-state index is 0.206. The maximum atomic E-state index is 11.0. The van der Waals surface area contributed by atoms with E-state index in [1.54, 1.807) is 17.5 Å². The monoisotopic (exact) mass is 342 g/mol. The molecule has 5 nitrogen and oxygen atoms in total. The molecule has 2 rings (SSSR count). The number of hydrogen-bond acceptors (Lipinski definition) is 4. The molecule has 1 saturated heterocycles. The SMILES string of the molecule is CC(C)(C)[Si](C)(C)c1ncc(C2(O)CCN(C(=O)O)CC2)s1. The Morgan fingerprint density at radius 3 is 2.36 bits per heavy atom. The van der Waals surface area contributed by atoms with E-state index in [1.165, 1.54) is 4.90 Å². The molecule has 22 heavy (non-hydrogen) atoms. The van der Waals surface area contributed by atoms with Crippen LogP contribution in [-0.4, -0.2) is 47.4 Å². The molecule has 1 aliphatic rings. The predicted molar refractivity (Wildman–Crippen MR) is 91.7 cm³/mol. The lowest BCUT2D eigenvalue weighted by molar-refractivity contribution is -0.0185. The van der Waals surface area contributed by atoms with Crippen LogP contribution in [0.15, 0.2) is 6.20 Å². The first-order valence-electron chi connectivity index (χ1n) is 7.64. The molecule has 0 aliphatic carbocycles. The summed E-state index contributed by atoms with van der Waals surface area (Å²) >= 11 is 1.62. The van der Waals surface area contributed by atoms with Gasteiger partial charge in [0.1, 0.15) is 13.7 Å². The summed E-state index contributed by atoms with van der Waals surface area (Å²) in [5.41, 5.74) is -0.926. The molecular formula is C15H26N2O3SSi. The Hall–Kier alpha value is -0.923. The van der Waals surface area contributed by atoms with Crippen LogP contribution in [0.4, 0.5) is 4.79 Å². The Balaban J connectivity index is 2.20. The largest absolute Gasteiger partial charge is 0.465 e. The van der Waals surface area contributed by atoms with Crippen molar-refractivity contribution in [3.8, 4) is 0 Å². The van der Waals surface area contributed by atoms with Crippen molar-refractivity contribution >= 4 is 30.1 Å². The van der Waals surface area contributed by atoms with Gasteiger partial charge in [-0.3, -0.25) is 4.98 Å².